The van der Waals surface area contributed by atoms with Crippen LogP contribution in [0, 0.1) is 11.3 Å². The largest absolute Gasteiger partial charge is 0.481 e. The maximum Gasteiger partial charge on any atom is 0.215 e. The van der Waals surface area contributed by atoms with Crippen LogP contribution in [-0.2, 0) is 0 Å². The van der Waals surface area contributed by atoms with Gasteiger partial charge in [-0.05, 0) is 18.2 Å². The Morgan fingerprint density at radius 3 is 2.65 bits per heavy atom. The second kappa shape index (κ2) is 6.43. The summed E-state index contributed by atoms with van der Waals surface area (Å²) in [4.78, 5) is 6.31. The number of nitrogen functional groups attached to an aromatic ring is 1. The molecule has 0 unspecified atom stereocenters. The molecule has 0 bridgehead atoms. The molecule has 2 rings (SSSR count). The zero-order valence-electron chi connectivity index (χ0n) is 11.3. The maximum atomic E-state index is 8.83. The van der Waals surface area contributed by atoms with Crippen LogP contribution in [0.15, 0.2) is 42.5 Å². The fourth-order valence-electron chi connectivity index (χ4n) is 1.90. The molecule has 0 amide bonds. The molecule has 1 heterocycles. The van der Waals surface area contributed by atoms with E-state index >= 15 is 0 Å². The Kier molecular flexibility index (Phi) is 4.40. The minimum absolute atomic E-state index is 0.382. The van der Waals surface area contributed by atoms with Gasteiger partial charge in [-0.3, -0.25) is 0 Å². The molecular formula is C15H16N4O. The van der Waals surface area contributed by atoms with Crippen LogP contribution in [0.2, 0.25) is 0 Å². The van der Waals surface area contributed by atoms with Crippen molar-refractivity contribution >= 4 is 17.2 Å². The number of aromatic nitrogens is 1. The molecule has 5 heteroatoms. The summed E-state index contributed by atoms with van der Waals surface area (Å²) in [6.07, 6.45) is 0.382. The summed E-state index contributed by atoms with van der Waals surface area (Å²) in [6.45, 7) is 0.519. The molecule has 2 aromatic rings. The predicted octanol–water partition coefficient (Wildman–Crippen LogP) is 2.72. The SMILES string of the molecule is COc1ccc(N)c(N(CCC#N)c2ccccc2)n1. The third-order valence-electron chi connectivity index (χ3n) is 2.86. The van der Waals surface area contributed by atoms with Crippen molar-refractivity contribution in [3.05, 3.63) is 42.5 Å². The van der Waals surface area contributed by atoms with E-state index < -0.39 is 0 Å². The van der Waals surface area contributed by atoms with Crippen molar-refractivity contribution in [3.63, 3.8) is 0 Å². The Bertz CT molecular complexity index is 607. The maximum absolute atomic E-state index is 8.83. The number of benzene rings is 1. The van der Waals surface area contributed by atoms with Crippen molar-refractivity contribution in [1.82, 2.24) is 4.98 Å². The first kappa shape index (κ1) is 13.7. The van der Waals surface area contributed by atoms with Crippen LogP contribution in [-0.4, -0.2) is 18.6 Å². The standard InChI is InChI=1S/C15H16N4O/c1-20-14-9-8-13(17)15(18-14)19(11-5-10-16)12-6-3-2-4-7-12/h2-4,6-9H,5,11,17H2,1H3. The van der Waals surface area contributed by atoms with Gasteiger partial charge in [-0.1, -0.05) is 18.2 Å². The lowest BCUT2D eigenvalue weighted by Gasteiger charge is -2.24. The number of nitrogens with two attached hydrogens (primary N) is 1. The van der Waals surface area contributed by atoms with E-state index in [0.29, 0.717) is 30.4 Å². The third kappa shape index (κ3) is 2.98. The van der Waals surface area contributed by atoms with Crippen LogP contribution >= 0.6 is 0 Å². The van der Waals surface area contributed by atoms with Crippen molar-refractivity contribution in [3.8, 4) is 11.9 Å². The number of ether oxygens (including phenoxy) is 1. The molecule has 102 valence electrons. The first-order valence-corrected chi connectivity index (χ1v) is 6.26. The Hall–Kier alpha value is -2.74. The lowest BCUT2D eigenvalue weighted by Crippen LogP contribution is -2.20. The monoisotopic (exact) mass is 268 g/mol. The number of hydrogen-bond acceptors (Lipinski definition) is 5. The van der Waals surface area contributed by atoms with Gasteiger partial charge in [0.15, 0.2) is 5.82 Å². The molecule has 1 aromatic heterocycles. The number of rotatable bonds is 5. The van der Waals surface area contributed by atoms with Gasteiger partial charge >= 0.3 is 0 Å². The number of methoxy groups -OCH3 is 1. The highest BCUT2D eigenvalue weighted by molar-refractivity contribution is 5.71. The molecule has 0 aliphatic heterocycles. The van der Waals surface area contributed by atoms with E-state index in [0.717, 1.165) is 5.69 Å². The van der Waals surface area contributed by atoms with Gasteiger partial charge in [0.25, 0.3) is 0 Å². The number of nitriles is 1. The van der Waals surface area contributed by atoms with Crippen LogP contribution in [0.4, 0.5) is 17.2 Å². The van der Waals surface area contributed by atoms with Gasteiger partial charge in [0.1, 0.15) is 0 Å². The van der Waals surface area contributed by atoms with Crippen molar-refractivity contribution < 1.29 is 4.74 Å². The van der Waals surface area contributed by atoms with E-state index in [2.05, 4.69) is 11.1 Å². The van der Waals surface area contributed by atoms with Crippen molar-refractivity contribution in [1.29, 1.82) is 5.26 Å². The minimum atomic E-state index is 0.382. The number of nitrogens with zero attached hydrogens (tertiary/aromatic N) is 3. The van der Waals surface area contributed by atoms with Gasteiger partial charge in [-0.2, -0.15) is 10.2 Å². The molecule has 0 spiro atoms. The first-order chi connectivity index (χ1) is 9.76. The van der Waals surface area contributed by atoms with Crippen LogP contribution in [0.5, 0.6) is 5.88 Å². The molecule has 0 radical (unpaired) electrons. The third-order valence-corrected chi connectivity index (χ3v) is 2.86. The highest BCUT2D eigenvalue weighted by atomic mass is 16.5. The first-order valence-electron chi connectivity index (χ1n) is 6.26. The van der Waals surface area contributed by atoms with Crippen LogP contribution in [0.3, 0.4) is 0 Å². The summed E-state index contributed by atoms with van der Waals surface area (Å²) in [5.74, 6) is 1.10. The zero-order valence-corrected chi connectivity index (χ0v) is 11.3. The fraction of sp³-hybridized carbons (Fsp3) is 0.200. The van der Waals surface area contributed by atoms with Crippen LogP contribution < -0.4 is 15.4 Å². The fourth-order valence-corrected chi connectivity index (χ4v) is 1.90. The number of hydrogen-bond donors (Lipinski definition) is 1. The molecule has 20 heavy (non-hydrogen) atoms. The Morgan fingerprint density at radius 2 is 2.00 bits per heavy atom. The molecule has 0 aliphatic rings. The summed E-state index contributed by atoms with van der Waals surface area (Å²) in [6, 6.07) is 15.3. The molecule has 2 N–H and O–H groups in total. The molecule has 1 aromatic carbocycles. The Morgan fingerprint density at radius 1 is 1.25 bits per heavy atom. The van der Waals surface area contributed by atoms with Crippen molar-refractivity contribution in [2.45, 2.75) is 6.42 Å². The van der Waals surface area contributed by atoms with E-state index in [1.807, 2.05) is 35.2 Å². The average Bonchev–Trinajstić information content (AvgIpc) is 2.50. The highest BCUT2D eigenvalue weighted by Crippen LogP contribution is 2.30. The highest BCUT2D eigenvalue weighted by Gasteiger charge is 2.14. The second-order valence-electron chi connectivity index (χ2n) is 4.16. The summed E-state index contributed by atoms with van der Waals surface area (Å²) >= 11 is 0. The van der Waals surface area contributed by atoms with Gasteiger partial charge in [0.2, 0.25) is 5.88 Å². The molecule has 0 saturated carbocycles. The average molecular weight is 268 g/mol. The molecule has 0 fully saturated rings. The smallest absolute Gasteiger partial charge is 0.215 e. The molecule has 0 saturated heterocycles. The van der Waals surface area contributed by atoms with E-state index in [1.54, 1.807) is 19.2 Å². The molecule has 0 aliphatic carbocycles. The van der Waals surface area contributed by atoms with E-state index in [4.69, 9.17) is 15.7 Å². The lowest BCUT2D eigenvalue weighted by molar-refractivity contribution is 0.398. The summed E-state index contributed by atoms with van der Waals surface area (Å²) in [5.41, 5.74) is 7.50. The Labute approximate surface area is 118 Å². The van der Waals surface area contributed by atoms with E-state index in [9.17, 15) is 0 Å². The van der Waals surface area contributed by atoms with Gasteiger partial charge in [0, 0.05) is 18.3 Å². The van der Waals surface area contributed by atoms with Crippen LogP contribution in [0.1, 0.15) is 6.42 Å². The van der Waals surface area contributed by atoms with Crippen LogP contribution in [0.25, 0.3) is 0 Å². The molecular weight excluding hydrogens is 252 g/mol. The predicted molar refractivity (Wildman–Crippen MR) is 78.9 cm³/mol. The number of pyridine rings is 1. The van der Waals surface area contributed by atoms with Crippen molar-refractivity contribution in [2.24, 2.45) is 0 Å². The molecule has 0 atom stereocenters. The van der Waals surface area contributed by atoms with E-state index in [-0.39, 0.29) is 0 Å². The number of anilines is 3. The quantitative estimate of drug-likeness (QED) is 0.902. The van der Waals surface area contributed by atoms with E-state index in [1.165, 1.54) is 0 Å². The van der Waals surface area contributed by atoms with Gasteiger partial charge in [-0.25, -0.2) is 0 Å². The van der Waals surface area contributed by atoms with Gasteiger partial charge < -0.3 is 15.4 Å². The lowest BCUT2D eigenvalue weighted by atomic mass is 10.2. The minimum Gasteiger partial charge on any atom is -0.481 e. The summed E-state index contributed by atoms with van der Waals surface area (Å²) < 4.78 is 5.14. The normalized spacial score (nSPS) is 9.80. The van der Waals surface area contributed by atoms with Crippen molar-refractivity contribution in [2.75, 3.05) is 24.3 Å². The van der Waals surface area contributed by atoms with Gasteiger partial charge in [0.05, 0.1) is 25.3 Å². The zero-order chi connectivity index (χ0) is 14.4. The Balaban J connectivity index is 2.44. The molecule has 5 nitrogen and oxygen atoms in total. The van der Waals surface area contributed by atoms with Gasteiger partial charge in [-0.15, -0.1) is 0 Å². The topological polar surface area (TPSA) is 75.2 Å². The summed E-state index contributed by atoms with van der Waals surface area (Å²) in [7, 11) is 1.56. The number of para-hydroxylation sites is 1. The summed E-state index contributed by atoms with van der Waals surface area (Å²) in [5, 5.41) is 8.83. The second-order valence-corrected chi connectivity index (χ2v) is 4.16.